The lowest BCUT2D eigenvalue weighted by molar-refractivity contribution is -0.145. The fourth-order valence-electron chi connectivity index (χ4n) is 2.91. The zero-order valence-corrected chi connectivity index (χ0v) is 12.9. The topological polar surface area (TPSA) is 77.3 Å². The molecule has 0 bridgehead atoms. The molecule has 22 heavy (non-hydrogen) atoms. The standard InChI is InChI=1S/C15H18N4O3/c1-9-17-12-10(6-7-16-13(12)18(9)2)14(20)19-8-4-5-11(19)15(21)22-3/h6-7,11H,4-5,8H2,1-3H3. The van der Waals surface area contributed by atoms with Gasteiger partial charge in [0.25, 0.3) is 5.91 Å². The number of imidazole rings is 1. The number of esters is 1. The third kappa shape index (κ3) is 2.13. The van der Waals surface area contributed by atoms with Gasteiger partial charge < -0.3 is 14.2 Å². The summed E-state index contributed by atoms with van der Waals surface area (Å²) in [6, 6.07) is 1.15. The van der Waals surface area contributed by atoms with Gasteiger partial charge in [-0.2, -0.15) is 0 Å². The quantitative estimate of drug-likeness (QED) is 0.775. The van der Waals surface area contributed by atoms with Crippen LogP contribution in [0.4, 0.5) is 0 Å². The molecule has 0 spiro atoms. The van der Waals surface area contributed by atoms with Crippen molar-refractivity contribution in [3.8, 4) is 0 Å². The van der Waals surface area contributed by atoms with E-state index in [0.717, 1.165) is 12.2 Å². The van der Waals surface area contributed by atoms with Gasteiger partial charge in [0.2, 0.25) is 0 Å². The molecule has 2 aromatic rings. The SMILES string of the molecule is COC(=O)C1CCCN1C(=O)c1ccnc2c1nc(C)n2C. The molecule has 2 aromatic heterocycles. The van der Waals surface area contributed by atoms with Crippen molar-refractivity contribution in [2.45, 2.75) is 25.8 Å². The van der Waals surface area contributed by atoms with Gasteiger partial charge in [-0.25, -0.2) is 14.8 Å². The van der Waals surface area contributed by atoms with E-state index in [2.05, 4.69) is 9.97 Å². The van der Waals surface area contributed by atoms with E-state index in [1.807, 2.05) is 18.5 Å². The molecule has 1 unspecified atom stereocenters. The van der Waals surface area contributed by atoms with Gasteiger partial charge in [-0.15, -0.1) is 0 Å². The number of likely N-dealkylation sites (tertiary alicyclic amines) is 1. The van der Waals surface area contributed by atoms with Crippen molar-refractivity contribution in [2.24, 2.45) is 7.05 Å². The van der Waals surface area contributed by atoms with E-state index < -0.39 is 6.04 Å². The number of aromatic nitrogens is 3. The van der Waals surface area contributed by atoms with Crippen LogP contribution in [0.1, 0.15) is 29.0 Å². The Morgan fingerprint density at radius 2 is 2.18 bits per heavy atom. The highest BCUT2D eigenvalue weighted by molar-refractivity contribution is 6.05. The smallest absolute Gasteiger partial charge is 0.328 e. The molecule has 1 fully saturated rings. The summed E-state index contributed by atoms with van der Waals surface area (Å²) in [7, 11) is 3.20. The fourth-order valence-corrected chi connectivity index (χ4v) is 2.91. The molecule has 0 aromatic carbocycles. The third-order valence-corrected chi connectivity index (χ3v) is 4.20. The zero-order chi connectivity index (χ0) is 15.9. The summed E-state index contributed by atoms with van der Waals surface area (Å²) >= 11 is 0. The molecule has 1 aliphatic heterocycles. The van der Waals surface area contributed by atoms with Crippen molar-refractivity contribution in [3.63, 3.8) is 0 Å². The Morgan fingerprint density at radius 3 is 2.91 bits per heavy atom. The Bertz CT molecular complexity index is 753. The highest BCUT2D eigenvalue weighted by Gasteiger charge is 2.36. The van der Waals surface area contributed by atoms with E-state index >= 15 is 0 Å². The second-order valence-corrected chi connectivity index (χ2v) is 5.43. The van der Waals surface area contributed by atoms with Gasteiger partial charge in [0, 0.05) is 19.8 Å². The summed E-state index contributed by atoms with van der Waals surface area (Å²) in [6.45, 7) is 2.41. The summed E-state index contributed by atoms with van der Waals surface area (Å²) in [5.41, 5.74) is 1.71. The van der Waals surface area contributed by atoms with Crippen LogP contribution in [0.2, 0.25) is 0 Å². The van der Waals surface area contributed by atoms with Crippen molar-refractivity contribution in [3.05, 3.63) is 23.7 Å². The van der Waals surface area contributed by atoms with Crippen molar-refractivity contribution < 1.29 is 14.3 Å². The van der Waals surface area contributed by atoms with Gasteiger partial charge in [0.15, 0.2) is 5.65 Å². The molecule has 3 rings (SSSR count). The summed E-state index contributed by atoms with van der Waals surface area (Å²) in [5.74, 6) is 0.223. The maximum Gasteiger partial charge on any atom is 0.328 e. The molecule has 1 atom stereocenters. The Morgan fingerprint density at radius 1 is 1.41 bits per heavy atom. The molecule has 3 heterocycles. The normalized spacial score (nSPS) is 18.0. The Labute approximate surface area is 127 Å². The second-order valence-electron chi connectivity index (χ2n) is 5.43. The molecule has 1 aliphatic rings. The number of rotatable bonds is 2. The van der Waals surface area contributed by atoms with Crippen LogP contribution >= 0.6 is 0 Å². The van der Waals surface area contributed by atoms with Crippen molar-refractivity contribution in [1.82, 2.24) is 19.4 Å². The van der Waals surface area contributed by atoms with Gasteiger partial charge in [-0.05, 0) is 25.8 Å². The molecule has 0 N–H and O–H groups in total. The van der Waals surface area contributed by atoms with Gasteiger partial charge in [0.1, 0.15) is 17.4 Å². The Hall–Kier alpha value is -2.44. The lowest BCUT2D eigenvalue weighted by atomic mass is 10.1. The van der Waals surface area contributed by atoms with Gasteiger partial charge in [-0.1, -0.05) is 0 Å². The molecule has 7 heteroatoms. The number of aryl methyl sites for hydroxylation is 2. The molecule has 0 saturated carbocycles. The average Bonchev–Trinajstić information content (AvgIpc) is 3.12. The van der Waals surface area contributed by atoms with E-state index in [-0.39, 0.29) is 11.9 Å². The van der Waals surface area contributed by atoms with Crippen LogP contribution in [-0.4, -0.2) is 51.0 Å². The lowest BCUT2D eigenvalue weighted by Crippen LogP contribution is -2.41. The van der Waals surface area contributed by atoms with Crippen LogP contribution in [0.25, 0.3) is 11.2 Å². The molecule has 7 nitrogen and oxygen atoms in total. The van der Waals surface area contributed by atoms with E-state index in [4.69, 9.17) is 4.74 Å². The predicted molar refractivity (Wildman–Crippen MR) is 79.3 cm³/mol. The molecule has 116 valence electrons. The number of methoxy groups -OCH3 is 1. The van der Waals surface area contributed by atoms with Crippen LogP contribution in [0.15, 0.2) is 12.3 Å². The fraction of sp³-hybridized carbons (Fsp3) is 0.467. The summed E-state index contributed by atoms with van der Waals surface area (Å²) in [4.78, 5) is 35.0. The zero-order valence-electron chi connectivity index (χ0n) is 12.9. The first-order valence-corrected chi connectivity index (χ1v) is 7.21. The Balaban J connectivity index is 2.02. The number of fused-ring (bicyclic) bond motifs is 1. The number of pyridine rings is 1. The highest BCUT2D eigenvalue weighted by atomic mass is 16.5. The van der Waals surface area contributed by atoms with Gasteiger partial charge in [0.05, 0.1) is 12.7 Å². The average molecular weight is 302 g/mol. The molecular weight excluding hydrogens is 284 g/mol. The lowest BCUT2D eigenvalue weighted by Gasteiger charge is -2.22. The summed E-state index contributed by atoms with van der Waals surface area (Å²) in [6.07, 6.45) is 3.02. The monoisotopic (exact) mass is 302 g/mol. The van der Waals surface area contributed by atoms with E-state index in [1.54, 1.807) is 17.2 Å². The minimum absolute atomic E-state index is 0.196. The first-order chi connectivity index (χ1) is 10.5. The molecule has 1 saturated heterocycles. The number of amides is 1. The number of ether oxygens (including phenoxy) is 1. The minimum Gasteiger partial charge on any atom is -0.467 e. The molecule has 1 amide bonds. The second kappa shape index (κ2) is 5.40. The predicted octanol–water partition coefficient (Wildman–Crippen LogP) is 1.05. The first-order valence-electron chi connectivity index (χ1n) is 7.21. The number of carbonyl (C=O) groups excluding carboxylic acids is 2. The minimum atomic E-state index is -0.509. The number of hydrogen-bond donors (Lipinski definition) is 0. The summed E-state index contributed by atoms with van der Waals surface area (Å²) < 4.78 is 6.64. The van der Waals surface area contributed by atoms with Gasteiger partial charge in [-0.3, -0.25) is 4.79 Å². The molecule has 0 aliphatic carbocycles. The third-order valence-electron chi connectivity index (χ3n) is 4.20. The van der Waals surface area contributed by atoms with Crippen molar-refractivity contribution >= 4 is 23.0 Å². The van der Waals surface area contributed by atoms with E-state index in [0.29, 0.717) is 29.7 Å². The number of hydrogen-bond acceptors (Lipinski definition) is 5. The maximum atomic E-state index is 12.9. The molecular formula is C15H18N4O3. The van der Waals surface area contributed by atoms with Crippen LogP contribution in [0, 0.1) is 6.92 Å². The first kappa shape index (κ1) is 14.5. The van der Waals surface area contributed by atoms with Crippen LogP contribution < -0.4 is 0 Å². The largest absolute Gasteiger partial charge is 0.467 e. The molecule has 0 radical (unpaired) electrons. The van der Waals surface area contributed by atoms with E-state index in [9.17, 15) is 9.59 Å². The number of carbonyl (C=O) groups is 2. The number of nitrogens with zero attached hydrogens (tertiary/aromatic N) is 4. The van der Waals surface area contributed by atoms with Crippen LogP contribution in [0.3, 0.4) is 0 Å². The van der Waals surface area contributed by atoms with Crippen LogP contribution in [0.5, 0.6) is 0 Å². The Kier molecular flexibility index (Phi) is 3.56. The van der Waals surface area contributed by atoms with E-state index in [1.165, 1.54) is 7.11 Å². The van der Waals surface area contributed by atoms with Gasteiger partial charge >= 0.3 is 5.97 Å². The summed E-state index contributed by atoms with van der Waals surface area (Å²) in [5, 5.41) is 0. The maximum absolute atomic E-state index is 12.9. The highest BCUT2D eigenvalue weighted by Crippen LogP contribution is 2.24. The van der Waals surface area contributed by atoms with Crippen molar-refractivity contribution in [1.29, 1.82) is 0 Å². The van der Waals surface area contributed by atoms with Crippen LogP contribution in [-0.2, 0) is 16.6 Å². The van der Waals surface area contributed by atoms with Crippen molar-refractivity contribution in [2.75, 3.05) is 13.7 Å².